The quantitative estimate of drug-likeness (QED) is 0.450. The van der Waals surface area contributed by atoms with Crippen LogP contribution in [0.25, 0.3) is 0 Å². The predicted molar refractivity (Wildman–Crippen MR) is 135 cm³/mol. The van der Waals surface area contributed by atoms with Crippen LogP contribution in [0, 0.1) is 12.8 Å². The molecule has 1 atom stereocenters. The Kier molecular flexibility index (Phi) is 9.27. The summed E-state index contributed by atoms with van der Waals surface area (Å²) in [4.78, 5) is 28.5. The van der Waals surface area contributed by atoms with Gasteiger partial charge in [-0.1, -0.05) is 92.2 Å². The van der Waals surface area contributed by atoms with Crippen LogP contribution in [0.4, 0.5) is 0 Å². The Morgan fingerprint density at radius 3 is 2.09 bits per heavy atom. The zero-order valence-corrected chi connectivity index (χ0v) is 20.2. The number of para-hydroxylation sites is 1. The van der Waals surface area contributed by atoms with Crippen LogP contribution >= 0.6 is 0 Å². The molecule has 0 aromatic heterocycles. The van der Waals surface area contributed by atoms with Crippen molar-refractivity contribution in [1.82, 2.24) is 10.2 Å². The van der Waals surface area contributed by atoms with Gasteiger partial charge in [-0.05, 0) is 36.1 Å². The Hall–Kier alpha value is -3.60. The lowest BCUT2D eigenvalue weighted by atomic mass is 10.0. The van der Waals surface area contributed by atoms with E-state index in [-0.39, 0.29) is 18.4 Å². The summed E-state index contributed by atoms with van der Waals surface area (Å²) in [5.41, 5.74) is 3.11. The molecule has 2 amide bonds. The molecule has 3 aromatic rings. The van der Waals surface area contributed by atoms with E-state index < -0.39 is 6.04 Å². The monoisotopic (exact) mass is 458 g/mol. The van der Waals surface area contributed by atoms with Crippen LogP contribution in [0.15, 0.2) is 84.9 Å². The average Bonchev–Trinajstić information content (AvgIpc) is 2.85. The van der Waals surface area contributed by atoms with Gasteiger partial charge in [0.25, 0.3) is 5.91 Å². The standard InChI is InChI=1S/C29H34N2O3/c1-22(2)19-30-29(33)27(18-24-10-6-4-7-11-24)31(20-25-16-14-23(3)15-17-25)28(32)21-34-26-12-8-5-9-13-26/h4-17,22,27H,18-21H2,1-3H3,(H,30,33)/t27-/m1/s1. The summed E-state index contributed by atoms with van der Waals surface area (Å²) in [7, 11) is 0. The molecule has 0 spiro atoms. The third-order valence-corrected chi connectivity index (χ3v) is 5.53. The molecule has 1 N–H and O–H groups in total. The second-order valence-corrected chi connectivity index (χ2v) is 8.95. The Morgan fingerprint density at radius 2 is 1.47 bits per heavy atom. The summed E-state index contributed by atoms with van der Waals surface area (Å²) in [6.07, 6.45) is 0.424. The number of rotatable bonds is 11. The number of amides is 2. The topological polar surface area (TPSA) is 58.6 Å². The third kappa shape index (κ3) is 7.77. The molecule has 5 heteroatoms. The molecule has 3 rings (SSSR count). The molecule has 34 heavy (non-hydrogen) atoms. The molecule has 0 saturated carbocycles. The van der Waals surface area contributed by atoms with Gasteiger partial charge in [-0.15, -0.1) is 0 Å². The lowest BCUT2D eigenvalue weighted by Gasteiger charge is -2.31. The minimum Gasteiger partial charge on any atom is -0.484 e. The van der Waals surface area contributed by atoms with Crippen molar-refractivity contribution in [2.75, 3.05) is 13.2 Å². The fraction of sp³-hybridized carbons (Fsp3) is 0.310. The van der Waals surface area contributed by atoms with Crippen LogP contribution in [0.2, 0.25) is 0 Å². The van der Waals surface area contributed by atoms with Gasteiger partial charge in [0.2, 0.25) is 5.91 Å². The second kappa shape index (κ2) is 12.6. The van der Waals surface area contributed by atoms with Gasteiger partial charge in [-0.3, -0.25) is 9.59 Å². The van der Waals surface area contributed by atoms with Gasteiger partial charge in [0.1, 0.15) is 11.8 Å². The molecular formula is C29H34N2O3. The normalized spacial score (nSPS) is 11.6. The van der Waals surface area contributed by atoms with Gasteiger partial charge in [0.15, 0.2) is 6.61 Å². The van der Waals surface area contributed by atoms with Gasteiger partial charge >= 0.3 is 0 Å². The van der Waals surface area contributed by atoms with Crippen molar-refractivity contribution < 1.29 is 14.3 Å². The van der Waals surface area contributed by atoms with E-state index >= 15 is 0 Å². The van der Waals surface area contributed by atoms with Crippen LogP contribution in [0.3, 0.4) is 0 Å². The number of nitrogens with zero attached hydrogens (tertiary/aromatic N) is 1. The van der Waals surface area contributed by atoms with Crippen LogP contribution in [-0.2, 0) is 22.6 Å². The van der Waals surface area contributed by atoms with Crippen LogP contribution < -0.4 is 10.1 Å². The number of aryl methyl sites for hydroxylation is 1. The van der Waals surface area contributed by atoms with Crippen molar-refractivity contribution in [2.45, 2.75) is 39.8 Å². The van der Waals surface area contributed by atoms with E-state index in [0.29, 0.717) is 31.2 Å². The van der Waals surface area contributed by atoms with Crippen molar-refractivity contribution in [2.24, 2.45) is 5.92 Å². The zero-order chi connectivity index (χ0) is 24.3. The first kappa shape index (κ1) is 25.0. The Bertz CT molecular complexity index is 1030. The molecule has 0 aliphatic rings. The highest BCUT2D eigenvalue weighted by Crippen LogP contribution is 2.17. The smallest absolute Gasteiger partial charge is 0.261 e. The van der Waals surface area contributed by atoms with Gasteiger partial charge in [-0.25, -0.2) is 0 Å². The average molecular weight is 459 g/mol. The van der Waals surface area contributed by atoms with Gasteiger partial charge in [0, 0.05) is 19.5 Å². The SMILES string of the molecule is Cc1ccc(CN(C(=O)COc2ccccc2)[C@H](Cc2ccccc2)C(=O)NCC(C)C)cc1. The van der Waals surface area contributed by atoms with E-state index in [1.54, 1.807) is 4.90 Å². The first-order chi connectivity index (χ1) is 16.4. The molecule has 0 aliphatic carbocycles. The first-order valence-corrected chi connectivity index (χ1v) is 11.8. The number of nitrogens with one attached hydrogen (secondary N) is 1. The minimum atomic E-state index is -0.658. The third-order valence-electron chi connectivity index (χ3n) is 5.53. The van der Waals surface area contributed by atoms with E-state index in [0.717, 1.165) is 16.7 Å². The van der Waals surface area contributed by atoms with Crippen LogP contribution in [0.5, 0.6) is 5.75 Å². The number of hydrogen-bond acceptors (Lipinski definition) is 3. The Labute approximate surface area is 202 Å². The van der Waals surface area contributed by atoms with E-state index in [9.17, 15) is 9.59 Å². The van der Waals surface area contributed by atoms with Crippen LogP contribution in [0.1, 0.15) is 30.5 Å². The summed E-state index contributed by atoms with van der Waals surface area (Å²) in [5.74, 6) is 0.543. The fourth-order valence-corrected chi connectivity index (χ4v) is 3.61. The van der Waals surface area contributed by atoms with Crippen molar-refractivity contribution >= 4 is 11.8 Å². The summed E-state index contributed by atoms with van der Waals surface area (Å²) in [6, 6.07) is 26.4. The fourth-order valence-electron chi connectivity index (χ4n) is 3.61. The molecule has 0 radical (unpaired) electrons. The maximum absolute atomic E-state index is 13.5. The largest absolute Gasteiger partial charge is 0.484 e. The number of carbonyl (C=O) groups excluding carboxylic acids is 2. The van der Waals surface area contributed by atoms with E-state index in [1.165, 1.54) is 0 Å². The summed E-state index contributed by atoms with van der Waals surface area (Å²) >= 11 is 0. The predicted octanol–water partition coefficient (Wildman–Crippen LogP) is 4.79. The molecule has 3 aromatic carbocycles. The molecule has 0 saturated heterocycles. The number of ether oxygens (including phenoxy) is 1. The highest BCUT2D eigenvalue weighted by molar-refractivity contribution is 5.88. The van der Waals surface area contributed by atoms with Crippen molar-refractivity contribution in [3.05, 3.63) is 102 Å². The van der Waals surface area contributed by atoms with E-state index in [2.05, 4.69) is 19.2 Å². The number of carbonyl (C=O) groups is 2. The Morgan fingerprint density at radius 1 is 0.853 bits per heavy atom. The summed E-state index contributed by atoms with van der Waals surface area (Å²) < 4.78 is 5.76. The van der Waals surface area contributed by atoms with Crippen LogP contribution in [-0.4, -0.2) is 35.9 Å². The second-order valence-electron chi connectivity index (χ2n) is 8.95. The summed E-state index contributed by atoms with van der Waals surface area (Å²) in [6.45, 7) is 6.86. The first-order valence-electron chi connectivity index (χ1n) is 11.8. The molecule has 0 unspecified atom stereocenters. The van der Waals surface area contributed by atoms with Gasteiger partial charge in [-0.2, -0.15) is 0 Å². The highest BCUT2D eigenvalue weighted by Gasteiger charge is 2.30. The molecule has 0 aliphatic heterocycles. The lowest BCUT2D eigenvalue weighted by molar-refractivity contribution is -0.142. The maximum Gasteiger partial charge on any atom is 0.261 e. The molecule has 0 bridgehead atoms. The van der Waals surface area contributed by atoms with Crippen molar-refractivity contribution in [1.29, 1.82) is 0 Å². The van der Waals surface area contributed by atoms with Gasteiger partial charge in [0.05, 0.1) is 0 Å². The summed E-state index contributed by atoms with van der Waals surface area (Å²) in [5, 5.41) is 3.03. The minimum absolute atomic E-state index is 0.140. The van der Waals surface area contributed by atoms with E-state index in [1.807, 2.05) is 91.9 Å². The molecule has 0 fully saturated rings. The Balaban J connectivity index is 1.88. The van der Waals surface area contributed by atoms with Gasteiger partial charge < -0.3 is 15.0 Å². The highest BCUT2D eigenvalue weighted by atomic mass is 16.5. The van der Waals surface area contributed by atoms with Crippen molar-refractivity contribution in [3.8, 4) is 5.75 Å². The molecule has 0 heterocycles. The van der Waals surface area contributed by atoms with E-state index in [4.69, 9.17) is 4.74 Å². The van der Waals surface area contributed by atoms with Crippen molar-refractivity contribution in [3.63, 3.8) is 0 Å². The zero-order valence-electron chi connectivity index (χ0n) is 20.2. The molecule has 5 nitrogen and oxygen atoms in total. The maximum atomic E-state index is 13.5. The number of benzene rings is 3. The number of hydrogen-bond donors (Lipinski definition) is 1. The molecular weight excluding hydrogens is 424 g/mol. The molecule has 178 valence electrons. The lowest BCUT2D eigenvalue weighted by Crippen LogP contribution is -2.52.